The lowest BCUT2D eigenvalue weighted by Gasteiger charge is -2.57. The van der Waals surface area contributed by atoms with Crippen LogP contribution in [0, 0.1) is 5.92 Å². The molecule has 186 valence electrons. The number of phenols is 1. The summed E-state index contributed by atoms with van der Waals surface area (Å²) in [7, 11) is 2.14. The van der Waals surface area contributed by atoms with Gasteiger partial charge in [0.2, 0.25) is 6.17 Å². The van der Waals surface area contributed by atoms with Crippen molar-refractivity contribution in [3.8, 4) is 11.5 Å². The molecule has 2 fully saturated rings. The van der Waals surface area contributed by atoms with Crippen molar-refractivity contribution in [1.82, 2.24) is 4.90 Å². The summed E-state index contributed by atoms with van der Waals surface area (Å²) in [5, 5.41) is 56.8. The molecule has 4 heterocycles. The van der Waals surface area contributed by atoms with Crippen molar-refractivity contribution >= 4 is 0 Å². The number of likely N-dealkylation sites (N-methyl/N-ethyl adjacent to an activating group) is 1. The normalized spacial score (nSPS) is 45.5. The van der Waals surface area contributed by atoms with Crippen molar-refractivity contribution in [2.24, 2.45) is 26.6 Å². The Morgan fingerprint density at radius 2 is 1.89 bits per heavy atom. The first-order valence-electron chi connectivity index (χ1n) is 12.0. The van der Waals surface area contributed by atoms with E-state index >= 15 is 0 Å². The van der Waals surface area contributed by atoms with Gasteiger partial charge in [0.25, 0.3) is 0 Å². The van der Waals surface area contributed by atoms with Crippen LogP contribution in [-0.4, -0.2) is 94.0 Å². The predicted molar refractivity (Wildman–Crippen MR) is 117 cm³/mol. The summed E-state index contributed by atoms with van der Waals surface area (Å²) < 4.78 is 18.6. The van der Waals surface area contributed by atoms with Gasteiger partial charge >= 0.3 is 0 Å². The highest BCUT2D eigenvalue weighted by Crippen LogP contribution is 2.62. The van der Waals surface area contributed by atoms with Crippen LogP contribution in [0.25, 0.3) is 0 Å². The molecule has 1 unspecified atom stereocenters. The Hall–Kier alpha value is -2.48. The lowest BCUT2D eigenvalue weighted by atomic mass is 9.53. The number of aromatic hydroxyl groups is 1. The van der Waals surface area contributed by atoms with Crippen molar-refractivity contribution in [2.45, 2.75) is 73.4 Å². The summed E-state index contributed by atoms with van der Waals surface area (Å²) in [5.74, 6) is 0.785. The van der Waals surface area contributed by atoms with Crippen LogP contribution in [0.1, 0.15) is 17.5 Å². The first-order chi connectivity index (χ1) is 16.9. The molecular weight excluding hydrogens is 458 g/mol. The summed E-state index contributed by atoms with van der Waals surface area (Å²) in [6, 6.07) is 3.97. The van der Waals surface area contributed by atoms with Gasteiger partial charge in [-0.2, -0.15) is 0 Å². The first kappa shape index (κ1) is 21.8. The van der Waals surface area contributed by atoms with Gasteiger partial charge in [-0.25, -0.2) is 0 Å². The van der Waals surface area contributed by atoms with E-state index in [1.807, 2.05) is 12.1 Å². The number of hydrogen-bond acceptors (Lipinski definition) is 12. The van der Waals surface area contributed by atoms with Gasteiger partial charge in [0.05, 0.1) is 0 Å². The number of hydrogen-bond donors (Lipinski definition) is 4. The number of likely N-dealkylation sites (tertiary alicyclic amines) is 1. The average molecular weight is 485 g/mol. The van der Waals surface area contributed by atoms with E-state index in [1.54, 1.807) is 6.07 Å². The molecule has 1 spiro atoms. The molecule has 4 aliphatic heterocycles. The summed E-state index contributed by atoms with van der Waals surface area (Å²) in [6.45, 7) is 0.878. The smallest absolute Gasteiger partial charge is 0.214 e. The zero-order valence-electron chi connectivity index (χ0n) is 19.0. The maximum absolute atomic E-state index is 10.7. The van der Waals surface area contributed by atoms with E-state index in [2.05, 4.69) is 38.7 Å². The monoisotopic (exact) mass is 485 g/mol. The Kier molecular flexibility index (Phi) is 4.67. The fraction of sp³-hybridized carbons (Fsp3) is 0.652. The largest absolute Gasteiger partial charge is 0.504 e. The van der Waals surface area contributed by atoms with Gasteiger partial charge in [0.1, 0.15) is 36.6 Å². The number of ether oxygens (including phenoxy) is 3. The minimum atomic E-state index is -1.54. The zero-order chi connectivity index (χ0) is 24.1. The van der Waals surface area contributed by atoms with Crippen molar-refractivity contribution in [1.29, 1.82) is 0 Å². The van der Waals surface area contributed by atoms with Gasteiger partial charge in [-0.15, -0.1) is 10.2 Å². The third kappa shape index (κ3) is 2.83. The van der Waals surface area contributed by atoms with Crippen LogP contribution in [-0.2, 0) is 21.3 Å². The number of rotatable bonds is 3. The number of nitrogens with zero attached hydrogens (tertiary/aromatic N) is 5. The second kappa shape index (κ2) is 7.51. The molecule has 12 heteroatoms. The van der Waals surface area contributed by atoms with Crippen LogP contribution in [0.2, 0.25) is 0 Å². The molecule has 0 amide bonds. The van der Waals surface area contributed by atoms with Crippen LogP contribution in [0.4, 0.5) is 0 Å². The fourth-order valence-corrected chi connectivity index (χ4v) is 7.03. The molecule has 0 saturated carbocycles. The van der Waals surface area contributed by atoms with Crippen molar-refractivity contribution in [3.63, 3.8) is 0 Å². The first-order valence-corrected chi connectivity index (χ1v) is 12.0. The predicted octanol–water partition coefficient (Wildman–Crippen LogP) is 0.189. The van der Waals surface area contributed by atoms with Crippen LogP contribution in [0.5, 0.6) is 11.5 Å². The molecule has 35 heavy (non-hydrogen) atoms. The molecule has 4 N–H and O–H groups in total. The van der Waals surface area contributed by atoms with Gasteiger partial charge in [-0.3, -0.25) is 0 Å². The molecule has 7 rings (SSSR count). The molecule has 1 aromatic rings. The highest BCUT2D eigenvalue weighted by atomic mass is 16.7. The minimum absolute atomic E-state index is 0.104. The quantitative estimate of drug-likeness (QED) is 0.441. The molecule has 0 radical (unpaired) electrons. The zero-order valence-corrected chi connectivity index (χ0v) is 19.0. The number of benzene rings is 1. The van der Waals surface area contributed by atoms with Crippen molar-refractivity contribution < 1.29 is 34.6 Å². The van der Waals surface area contributed by atoms with Gasteiger partial charge in [0.15, 0.2) is 17.8 Å². The average Bonchev–Trinajstić information content (AvgIpc) is 3.50. The van der Waals surface area contributed by atoms with E-state index in [9.17, 15) is 20.4 Å². The number of phenolic OH excluding ortho intramolecular Hbond substituents is 1. The standard InChI is InChI=1S/C23H27N5O7/c1-28-7-6-23-10-3-5-13(20(23)34-18-12(29)4-2-9(14(18)23)8-11(10)28)33-22-17(32)15(30)16(31)19(35-22)21-24-26-27-25-21/h2-5,10-11,13,15-17,19-22,29-32H,6-8H2,1H3/t10?,11-,13+,15+,16+,17-,19+,20+,22-,23+/m1/s1. The molecule has 0 aromatic heterocycles. The van der Waals surface area contributed by atoms with E-state index in [4.69, 9.17) is 14.2 Å². The molecule has 2 aliphatic carbocycles. The number of aliphatic hydroxyl groups excluding tert-OH is 3. The van der Waals surface area contributed by atoms with Gasteiger partial charge in [-0.05, 0) is 48.5 Å². The third-order valence-corrected chi connectivity index (χ3v) is 8.70. The highest BCUT2D eigenvalue weighted by molar-refractivity contribution is 5.61. The Morgan fingerprint density at radius 3 is 2.69 bits per heavy atom. The maximum atomic E-state index is 10.7. The van der Waals surface area contributed by atoms with Crippen molar-refractivity contribution in [3.05, 3.63) is 35.4 Å². The third-order valence-electron chi connectivity index (χ3n) is 8.70. The SMILES string of the molecule is CN1CC[C@]23c4c5ccc(O)c4O[C@H]2[C@@H](O[C@@H]2O[C@H](C4N=NN=N4)[C@@H](O)[C@H](O)[C@H]2O)C=CC3[C@H]1C5. The Bertz CT molecular complexity index is 1130. The van der Waals surface area contributed by atoms with E-state index in [-0.39, 0.29) is 17.1 Å². The Balaban J connectivity index is 1.24. The highest BCUT2D eigenvalue weighted by Gasteiger charge is 2.65. The van der Waals surface area contributed by atoms with E-state index in [1.165, 1.54) is 5.56 Å². The summed E-state index contributed by atoms with van der Waals surface area (Å²) in [4.78, 5) is 2.38. The number of aliphatic hydroxyl groups is 3. The second-order valence-electron chi connectivity index (χ2n) is 10.3. The Labute approximate surface area is 200 Å². The molecular formula is C23H27N5O7. The Morgan fingerprint density at radius 1 is 1.09 bits per heavy atom. The maximum Gasteiger partial charge on any atom is 0.214 e. The topological polar surface area (TPSA) is 161 Å². The summed E-state index contributed by atoms with van der Waals surface area (Å²) >= 11 is 0. The van der Waals surface area contributed by atoms with E-state index < -0.39 is 49.1 Å². The van der Waals surface area contributed by atoms with E-state index in [0.717, 1.165) is 24.9 Å². The summed E-state index contributed by atoms with van der Waals surface area (Å²) in [5.41, 5.74) is 1.84. The molecule has 1 aromatic carbocycles. The van der Waals surface area contributed by atoms with Gasteiger partial charge < -0.3 is 39.5 Å². The van der Waals surface area contributed by atoms with Crippen LogP contribution in [0.3, 0.4) is 0 Å². The van der Waals surface area contributed by atoms with E-state index in [0.29, 0.717) is 11.8 Å². The van der Waals surface area contributed by atoms with Gasteiger partial charge in [0, 0.05) is 22.9 Å². The lowest BCUT2D eigenvalue weighted by Crippen LogP contribution is -2.66. The second-order valence-corrected chi connectivity index (χ2v) is 10.3. The minimum Gasteiger partial charge on any atom is -0.504 e. The molecule has 2 saturated heterocycles. The van der Waals surface area contributed by atoms with Crippen LogP contribution < -0.4 is 4.74 Å². The fourth-order valence-electron chi connectivity index (χ4n) is 7.03. The number of piperidine rings is 1. The van der Waals surface area contributed by atoms with Crippen LogP contribution in [0.15, 0.2) is 45.0 Å². The van der Waals surface area contributed by atoms with Crippen molar-refractivity contribution in [2.75, 3.05) is 13.6 Å². The van der Waals surface area contributed by atoms with Crippen LogP contribution >= 0.6 is 0 Å². The molecule has 10 atom stereocenters. The molecule has 6 aliphatic rings. The molecule has 2 bridgehead atoms. The lowest BCUT2D eigenvalue weighted by molar-refractivity contribution is -0.312. The summed E-state index contributed by atoms with van der Waals surface area (Å²) in [6.07, 6.45) is -3.13. The molecule has 12 nitrogen and oxygen atoms in total. The van der Waals surface area contributed by atoms with Gasteiger partial charge in [-0.1, -0.05) is 18.2 Å².